The van der Waals surface area contributed by atoms with Crippen LogP contribution in [0.3, 0.4) is 0 Å². The zero-order valence-electron chi connectivity index (χ0n) is 19.5. The number of carbonyl (C=O) groups is 4. The number of para-hydroxylation sites is 1. The minimum Gasteiger partial charge on any atom is -0.465 e. The van der Waals surface area contributed by atoms with Gasteiger partial charge in [0.25, 0.3) is 0 Å². The average Bonchev–Trinajstić information content (AvgIpc) is 3.30. The summed E-state index contributed by atoms with van der Waals surface area (Å²) in [6.07, 6.45) is 3.77. The van der Waals surface area contributed by atoms with Gasteiger partial charge >= 0.3 is 5.97 Å². The largest absolute Gasteiger partial charge is 0.465 e. The first kappa shape index (κ1) is 22.1. The number of carbonyl (C=O) groups excluding carboxylic acids is 4. The van der Waals surface area contributed by atoms with Gasteiger partial charge in [0.2, 0.25) is 11.8 Å². The highest BCUT2D eigenvalue weighted by Crippen LogP contribution is 2.54. The lowest BCUT2D eigenvalue weighted by Crippen LogP contribution is -2.48. The molecule has 0 N–H and O–H groups in total. The molecule has 0 aromatic heterocycles. The molecule has 5 rings (SSSR count). The summed E-state index contributed by atoms with van der Waals surface area (Å²) >= 11 is 0. The molecular weight excluding hydrogens is 432 g/mol. The van der Waals surface area contributed by atoms with E-state index in [-0.39, 0.29) is 17.0 Å². The fourth-order valence-electron chi connectivity index (χ4n) is 5.49. The van der Waals surface area contributed by atoms with Crippen LogP contribution in [0.4, 0.5) is 5.69 Å². The lowest BCUT2D eigenvalue weighted by Gasteiger charge is -2.37. The molecule has 2 saturated heterocycles. The van der Waals surface area contributed by atoms with Gasteiger partial charge in [-0.1, -0.05) is 57.2 Å². The number of esters is 1. The number of ether oxygens (including phenoxy) is 1. The van der Waals surface area contributed by atoms with E-state index in [0.717, 1.165) is 16.0 Å². The zero-order chi connectivity index (χ0) is 24.4. The van der Waals surface area contributed by atoms with Gasteiger partial charge in [0.1, 0.15) is 6.04 Å². The van der Waals surface area contributed by atoms with Gasteiger partial charge in [0.15, 0.2) is 5.78 Å². The summed E-state index contributed by atoms with van der Waals surface area (Å²) in [4.78, 5) is 56.9. The van der Waals surface area contributed by atoms with Crippen molar-refractivity contribution in [2.75, 3.05) is 12.0 Å². The number of amides is 2. The third kappa shape index (κ3) is 3.03. The summed E-state index contributed by atoms with van der Waals surface area (Å²) in [6.45, 7) is 5.47. The number of rotatable bonds is 3. The van der Waals surface area contributed by atoms with Gasteiger partial charge in [0, 0.05) is 11.6 Å². The van der Waals surface area contributed by atoms with Crippen molar-refractivity contribution in [3.8, 4) is 0 Å². The number of nitrogens with zero attached hydrogens (tertiary/aromatic N) is 2. The van der Waals surface area contributed by atoms with Gasteiger partial charge in [-0.25, -0.2) is 9.69 Å². The molecule has 2 fully saturated rings. The fraction of sp³-hybridized carbons (Fsp3) is 0.333. The lowest BCUT2D eigenvalue weighted by molar-refractivity contribution is -0.135. The molecule has 2 aromatic rings. The molecule has 0 bridgehead atoms. The second-order valence-corrected chi connectivity index (χ2v) is 9.97. The van der Waals surface area contributed by atoms with Crippen LogP contribution in [-0.2, 0) is 19.1 Å². The maximum absolute atomic E-state index is 13.9. The Labute approximate surface area is 198 Å². The van der Waals surface area contributed by atoms with Gasteiger partial charge in [-0.15, -0.1) is 0 Å². The van der Waals surface area contributed by atoms with Gasteiger partial charge in [0.05, 0.1) is 36.2 Å². The Hall–Kier alpha value is -3.74. The summed E-state index contributed by atoms with van der Waals surface area (Å²) < 4.78 is 4.88. The third-order valence-corrected chi connectivity index (χ3v) is 7.02. The topological polar surface area (TPSA) is 84.0 Å². The highest BCUT2D eigenvalue weighted by atomic mass is 16.5. The van der Waals surface area contributed by atoms with Crippen molar-refractivity contribution >= 4 is 35.3 Å². The van der Waals surface area contributed by atoms with E-state index in [1.54, 1.807) is 18.2 Å². The zero-order valence-corrected chi connectivity index (χ0v) is 19.5. The van der Waals surface area contributed by atoms with E-state index in [0.29, 0.717) is 0 Å². The third-order valence-electron chi connectivity index (χ3n) is 7.02. The summed E-state index contributed by atoms with van der Waals surface area (Å²) in [6, 6.07) is 12.9. The van der Waals surface area contributed by atoms with Gasteiger partial charge in [-0.3, -0.25) is 14.4 Å². The predicted molar refractivity (Wildman–Crippen MR) is 126 cm³/mol. The van der Waals surface area contributed by atoms with Crippen molar-refractivity contribution in [3.05, 3.63) is 71.4 Å². The average molecular weight is 459 g/mol. The first-order chi connectivity index (χ1) is 16.2. The van der Waals surface area contributed by atoms with Crippen molar-refractivity contribution in [3.63, 3.8) is 0 Å². The number of imide groups is 1. The number of hydrogen-bond acceptors (Lipinski definition) is 6. The van der Waals surface area contributed by atoms with Crippen LogP contribution in [0.1, 0.15) is 48.3 Å². The molecule has 3 aliphatic rings. The molecule has 7 heteroatoms. The molecule has 7 nitrogen and oxygen atoms in total. The van der Waals surface area contributed by atoms with E-state index in [4.69, 9.17) is 4.74 Å². The monoisotopic (exact) mass is 458 g/mol. The predicted octanol–water partition coefficient (Wildman–Crippen LogP) is 3.60. The first-order valence-corrected chi connectivity index (χ1v) is 11.3. The number of methoxy groups -OCH3 is 1. The number of benzene rings is 2. The Kier molecular flexibility index (Phi) is 4.97. The Morgan fingerprint density at radius 3 is 2.26 bits per heavy atom. The number of anilines is 1. The van der Waals surface area contributed by atoms with Crippen molar-refractivity contribution in [2.45, 2.75) is 32.9 Å². The van der Waals surface area contributed by atoms with Crippen LogP contribution >= 0.6 is 0 Å². The van der Waals surface area contributed by atoms with Crippen molar-refractivity contribution in [1.82, 2.24) is 4.90 Å². The van der Waals surface area contributed by atoms with E-state index in [9.17, 15) is 19.2 Å². The maximum Gasteiger partial charge on any atom is 0.339 e. The van der Waals surface area contributed by atoms with Gasteiger partial charge < -0.3 is 9.64 Å². The van der Waals surface area contributed by atoms with Crippen LogP contribution in [0, 0.1) is 17.3 Å². The molecule has 1 unspecified atom stereocenters. The fourth-order valence-corrected chi connectivity index (χ4v) is 5.49. The van der Waals surface area contributed by atoms with Crippen molar-refractivity contribution < 1.29 is 23.9 Å². The van der Waals surface area contributed by atoms with E-state index < -0.39 is 47.1 Å². The lowest BCUT2D eigenvalue weighted by atomic mass is 9.79. The molecule has 3 aliphatic heterocycles. The highest BCUT2D eigenvalue weighted by Gasteiger charge is 2.65. The maximum atomic E-state index is 13.9. The second-order valence-electron chi connectivity index (χ2n) is 9.97. The summed E-state index contributed by atoms with van der Waals surface area (Å²) in [7, 11) is 1.25. The molecule has 0 radical (unpaired) electrons. The molecule has 2 aromatic carbocycles. The molecule has 174 valence electrons. The van der Waals surface area contributed by atoms with Crippen LogP contribution in [0.25, 0.3) is 6.08 Å². The normalized spacial score (nSPS) is 25.2. The quantitative estimate of drug-likeness (QED) is 0.516. The van der Waals surface area contributed by atoms with Crippen molar-refractivity contribution in [1.29, 1.82) is 0 Å². The number of hydrogen-bond donors (Lipinski definition) is 0. The van der Waals surface area contributed by atoms with E-state index >= 15 is 0 Å². The summed E-state index contributed by atoms with van der Waals surface area (Å²) in [5.74, 6) is -3.21. The first-order valence-electron chi connectivity index (χ1n) is 11.3. The highest BCUT2D eigenvalue weighted by molar-refractivity contribution is 6.25. The molecule has 4 atom stereocenters. The van der Waals surface area contributed by atoms with Gasteiger partial charge in [-0.2, -0.15) is 0 Å². The molecule has 0 saturated carbocycles. The Bertz CT molecular complexity index is 1260. The van der Waals surface area contributed by atoms with Crippen LogP contribution in [0.5, 0.6) is 0 Å². The number of ketones is 1. The Balaban J connectivity index is 1.68. The second kappa shape index (κ2) is 7.65. The van der Waals surface area contributed by atoms with Crippen LogP contribution < -0.4 is 4.90 Å². The molecule has 0 spiro atoms. The van der Waals surface area contributed by atoms with E-state index in [1.807, 2.05) is 62.2 Å². The SMILES string of the molecule is COC(=O)c1ccccc1N1C(=O)[C@H]2[C@@H](C1=O)C1c3ccccc3C=CN1[C@H]2C(=O)C(C)(C)C. The van der Waals surface area contributed by atoms with Gasteiger partial charge in [-0.05, 0) is 29.3 Å². The standard InChI is InChI=1S/C27H26N2O5/c1-27(2,3)23(30)22-20-19(21-16-10-6-5-9-15(16)13-14-28(21)22)24(31)29(25(20)32)18-12-8-7-11-17(18)26(33)34-4/h5-14,19-22H,1-4H3/t19-,20+,21?,22-/m1/s1. The number of Topliss-reactive ketones (excluding diaryl/α,β-unsaturated/α-hetero) is 1. The Morgan fingerprint density at radius 1 is 0.912 bits per heavy atom. The van der Waals surface area contributed by atoms with E-state index in [1.165, 1.54) is 13.2 Å². The molecule has 2 amide bonds. The molecule has 0 aliphatic carbocycles. The van der Waals surface area contributed by atoms with Crippen LogP contribution in [0.2, 0.25) is 0 Å². The van der Waals surface area contributed by atoms with Crippen molar-refractivity contribution in [2.24, 2.45) is 17.3 Å². The minimum absolute atomic E-state index is 0.0988. The number of fused-ring (bicyclic) bond motifs is 5. The molecular formula is C27H26N2O5. The molecule has 34 heavy (non-hydrogen) atoms. The summed E-state index contributed by atoms with van der Waals surface area (Å²) in [5.41, 5.74) is 1.47. The van der Waals surface area contributed by atoms with Crippen LogP contribution in [0.15, 0.2) is 54.7 Å². The Morgan fingerprint density at radius 2 is 1.56 bits per heavy atom. The molecule has 3 heterocycles. The smallest absolute Gasteiger partial charge is 0.339 e. The van der Waals surface area contributed by atoms with Crippen LogP contribution in [-0.4, -0.2) is 41.6 Å². The van der Waals surface area contributed by atoms with E-state index in [2.05, 4.69) is 0 Å². The summed E-state index contributed by atoms with van der Waals surface area (Å²) in [5, 5.41) is 0. The minimum atomic E-state index is -0.856.